The molecule has 3 aliphatic heterocycles. The molecule has 2 bridgehead atoms. The summed E-state index contributed by atoms with van der Waals surface area (Å²) in [5.41, 5.74) is 3.82. The number of piperidine rings is 1. The van der Waals surface area contributed by atoms with E-state index in [0.29, 0.717) is 50.7 Å². The van der Waals surface area contributed by atoms with Crippen LogP contribution in [0.15, 0.2) is 79.1 Å². The van der Waals surface area contributed by atoms with E-state index in [-0.39, 0.29) is 55.6 Å². The van der Waals surface area contributed by atoms with Crippen molar-refractivity contribution in [1.29, 1.82) is 0 Å². The van der Waals surface area contributed by atoms with Crippen molar-refractivity contribution in [3.8, 4) is 0 Å². The summed E-state index contributed by atoms with van der Waals surface area (Å²) in [4.78, 5) is 58.9. The van der Waals surface area contributed by atoms with Gasteiger partial charge in [-0.2, -0.15) is 0 Å². The molecule has 6 rings (SSSR count). The van der Waals surface area contributed by atoms with E-state index in [4.69, 9.17) is 23.7 Å². The minimum absolute atomic E-state index is 0.00528. The van der Waals surface area contributed by atoms with E-state index in [1.165, 1.54) is 19.1 Å². The number of aliphatic hydroxyl groups excluding tert-OH is 1. The number of aromatic nitrogens is 1. The van der Waals surface area contributed by atoms with Crippen molar-refractivity contribution in [3.63, 3.8) is 0 Å². The third kappa shape index (κ3) is 12.8. The number of esters is 1. The summed E-state index contributed by atoms with van der Waals surface area (Å²) in [5.74, 6) is -7.68. The number of carbonyl (C=O) groups is 4. The Bertz CT molecular complexity index is 2220. The van der Waals surface area contributed by atoms with Crippen LogP contribution in [0.25, 0.3) is 10.9 Å². The molecule has 1 aromatic carbocycles. The lowest BCUT2D eigenvalue weighted by molar-refractivity contribution is -0.302. The minimum atomic E-state index is -2.52. The molecule has 14 atom stereocenters. The first-order chi connectivity index (χ1) is 33.5. The van der Waals surface area contributed by atoms with Crippen molar-refractivity contribution < 1.29 is 53.1 Å². The molecule has 4 aliphatic rings. The smallest absolute Gasteiger partial charge is 0.329 e. The molecule has 4 heterocycles. The highest BCUT2D eigenvalue weighted by atomic mass is 16.7. The Morgan fingerprint density at radius 2 is 1.70 bits per heavy atom. The average Bonchev–Trinajstić information content (AvgIpc) is 3.74. The normalized spacial score (nSPS) is 35.5. The molecule has 3 fully saturated rings. The Balaban J connectivity index is 1.31. The number of anilines is 1. The van der Waals surface area contributed by atoms with E-state index in [1.54, 1.807) is 19.9 Å². The highest BCUT2D eigenvalue weighted by Crippen LogP contribution is 2.40. The van der Waals surface area contributed by atoms with Crippen molar-refractivity contribution in [1.82, 2.24) is 9.47 Å². The Morgan fingerprint density at radius 1 is 0.957 bits per heavy atom. The fraction of sp³-hybridized carbons (Fsp3) is 0.643. The lowest BCUT2D eigenvalue weighted by Crippen LogP contribution is -2.64. The van der Waals surface area contributed by atoms with Crippen molar-refractivity contribution in [2.24, 2.45) is 29.6 Å². The van der Waals surface area contributed by atoms with Crippen molar-refractivity contribution in [3.05, 3.63) is 79.1 Å². The van der Waals surface area contributed by atoms with Gasteiger partial charge >= 0.3 is 5.97 Å². The molecule has 14 unspecified atom stereocenters. The molecule has 0 radical (unpaired) electrons. The number of nitrogens with zero attached hydrogens (tertiary/aromatic N) is 2. The first-order valence-electron chi connectivity index (χ1n) is 25.7. The summed E-state index contributed by atoms with van der Waals surface area (Å²) < 4.78 is 33.1. The Labute approximate surface area is 415 Å². The number of Topliss-reactive ketones (excluding diaryl/α,β-unsaturated/α-hetero) is 2. The van der Waals surface area contributed by atoms with Crippen molar-refractivity contribution in [2.75, 3.05) is 32.7 Å². The van der Waals surface area contributed by atoms with E-state index in [9.17, 15) is 29.4 Å². The van der Waals surface area contributed by atoms with Crippen LogP contribution in [-0.4, -0.2) is 125 Å². The van der Waals surface area contributed by atoms with Gasteiger partial charge in [0.15, 0.2) is 0 Å². The van der Waals surface area contributed by atoms with Crippen LogP contribution in [0.2, 0.25) is 0 Å². The molecular weight excluding hydrogens is 891 g/mol. The van der Waals surface area contributed by atoms with Gasteiger partial charge in [-0.1, -0.05) is 50.6 Å². The largest absolute Gasteiger partial charge is 0.456 e. The quantitative estimate of drug-likeness (QED) is 0.106. The fourth-order valence-corrected chi connectivity index (χ4v) is 11.6. The summed E-state index contributed by atoms with van der Waals surface area (Å²) in [6.45, 7) is 20.5. The monoisotopic (exact) mass is 972 g/mol. The second kappa shape index (κ2) is 24.8. The molecule has 14 nitrogen and oxygen atoms in total. The fourth-order valence-electron chi connectivity index (χ4n) is 11.6. The van der Waals surface area contributed by atoms with Gasteiger partial charge in [-0.05, 0) is 127 Å². The molecule has 2 aromatic rings. The number of ketones is 2. The van der Waals surface area contributed by atoms with Crippen LogP contribution in [-0.2, 0) is 49.4 Å². The van der Waals surface area contributed by atoms with Gasteiger partial charge in [0, 0.05) is 80.9 Å². The van der Waals surface area contributed by atoms with E-state index in [1.807, 2.05) is 32.9 Å². The highest BCUT2D eigenvalue weighted by Gasteiger charge is 2.56. The number of nitrogens with one attached hydrogen (secondary N) is 1. The SMILES string of the molecule is C=CCC1/C=C(\C)CC(C)CC(OC)C2OC(O)(C(=O)C(=O)N3CCCCC3C(=O)OC(C(C)=CC3CCC(Nc4ccc5c(ccn5CC=C)c4)C(OCC)C3)C(C)C(O)CC1=O)C(C)CC2OC. The zero-order valence-corrected chi connectivity index (χ0v) is 43.0. The number of benzene rings is 1. The molecule has 1 saturated carbocycles. The lowest BCUT2D eigenvalue weighted by Gasteiger charge is -2.47. The summed E-state index contributed by atoms with van der Waals surface area (Å²) in [6.07, 6.45) is 10.4. The number of amides is 1. The third-order valence-corrected chi connectivity index (χ3v) is 15.4. The summed E-state index contributed by atoms with van der Waals surface area (Å²) in [7, 11) is 3.07. The zero-order valence-electron chi connectivity index (χ0n) is 43.0. The molecule has 1 aliphatic carbocycles. The molecule has 2 saturated heterocycles. The Hall–Kier alpha value is -4.44. The van der Waals surface area contributed by atoms with Crippen molar-refractivity contribution in [2.45, 2.75) is 173 Å². The van der Waals surface area contributed by atoms with Crippen LogP contribution < -0.4 is 5.32 Å². The maximum atomic E-state index is 14.7. The standard InChI is InChI=1S/C56H81N3O11/c1-11-16-41-27-34(4)26-35(5)28-49(66-9)52-50(67-10)30-37(7)56(65,70-52)53(62)54(63)59-24-15-14-17-45(59)55(64)69-51(38(8)46(60)33-47(41)61)36(6)29-39-18-20-43(48(31-39)68-13-3)57-42-19-21-44-40(32-42)22-25-58(44)23-12-2/h11-12,19,21-22,25,27,29,32,35,37-39,41,43,45-46,48-52,57,60,65H,1-2,13-18,20,23-24,26,28,30-31,33H2,3-10H3/b34-27+,36-29?. The summed E-state index contributed by atoms with van der Waals surface area (Å²) >= 11 is 0. The number of rotatable bonds is 12. The number of carbonyl (C=O) groups excluding carboxylic acids is 4. The minimum Gasteiger partial charge on any atom is -0.456 e. The number of cyclic esters (lactones) is 1. The maximum Gasteiger partial charge on any atom is 0.329 e. The Kier molecular flexibility index (Phi) is 19.4. The van der Waals surface area contributed by atoms with Gasteiger partial charge in [0.2, 0.25) is 5.79 Å². The second-order valence-electron chi connectivity index (χ2n) is 20.7. The van der Waals surface area contributed by atoms with Gasteiger partial charge in [-0.25, -0.2) is 4.79 Å². The number of allylic oxidation sites excluding steroid dienone is 5. The van der Waals surface area contributed by atoms with Crippen LogP contribution in [0, 0.1) is 29.6 Å². The molecule has 70 heavy (non-hydrogen) atoms. The van der Waals surface area contributed by atoms with Crippen LogP contribution in [0.4, 0.5) is 5.69 Å². The molecule has 386 valence electrons. The Morgan fingerprint density at radius 3 is 2.40 bits per heavy atom. The van der Waals surface area contributed by atoms with Gasteiger partial charge in [-0.15, -0.1) is 13.2 Å². The number of aliphatic hydroxyl groups is 2. The van der Waals surface area contributed by atoms with Gasteiger partial charge in [0.1, 0.15) is 24.0 Å². The van der Waals surface area contributed by atoms with E-state index in [0.717, 1.165) is 41.5 Å². The molecule has 1 aromatic heterocycles. The number of fused-ring (bicyclic) bond motifs is 4. The first-order valence-corrected chi connectivity index (χ1v) is 25.7. The lowest BCUT2D eigenvalue weighted by atomic mass is 9.80. The van der Waals surface area contributed by atoms with E-state index < -0.39 is 77.8 Å². The average molecular weight is 972 g/mol. The predicted octanol–water partition coefficient (Wildman–Crippen LogP) is 8.29. The highest BCUT2D eigenvalue weighted by molar-refractivity contribution is 6.39. The topological polar surface area (TPSA) is 175 Å². The third-order valence-electron chi connectivity index (χ3n) is 15.4. The number of hydrogen-bond acceptors (Lipinski definition) is 12. The molecule has 3 N–H and O–H groups in total. The van der Waals surface area contributed by atoms with Crippen LogP contribution in [0.3, 0.4) is 0 Å². The number of ether oxygens (including phenoxy) is 5. The van der Waals surface area contributed by atoms with Gasteiger partial charge in [0.25, 0.3) is 11.7 Å². The summed E-state index contributed by atoms with van der Waals surface area (Å²) in [5, 5.41) is 29.0. The van der Waals surface area contributed by atoms with Crippen molar-refractivity contribution >= 4 is 40.0 Å². The van der Waals surface area contributed by atoms with Crippen LogP contribution in [0.5, 0.6) is 0 Å². The molecule has 14 heteroatoms. The second-order valence-corrected chi connectivity index (χ2v) is 20.7. The zero-order chi connectivity index (χ0) is 50.9. The molecule has 1 amide bonds. The van der Waals surface area contributed by atoms with Crippen LogP contribution >= 0.6 is 0 Å². The van der Waals surface area contributed by atoms with E-state index >= 15 is 0 Å². The van der Waals surface area contributed by atoms with Gasteiger partial charge in [-0.3, -0.25) is 14.4 Å². The van der Waals surface area contributed by atoms with Crippen LogP contribution in [0.1, 0.15) is 112 Å². The first kappa shape index (κ1) is 54.9. The summed E-state index contributed by atoms with van der Waals surface area (Å²) in [6, 6.07) is 7.39. The van der Waals surface area contributed by atoms with E-state index in [2.05, 4.69) is 66.5 Å². The van der Waals surface area contributed by atoms with Gasteiger partial charge in [0.05, 0.1) is 30.5 Å². The molecular formula is C56H81N3O11. The predicted molar refractivity (Wildman–Crippen MR) is 271 cm³/mol. The number of hydrogen-bond donors (Lipinski definition) is 3. The number of methoxy groups -OCH3 is 2. The molecule has 0 spiro atoms. The van der Waals surface area contributed by atoms with Gasteiger partial charge < -0.3 is 48.7 Å². The maximum absolute atomic E-state index is 14.7.